The molecule has 2 N–H and O–H groups in total. The molecule has 0 aromatic heterocycles. The lowest BCUT2D eigenvalue weighted by Gasteiger charge is -2.11. The van der Waals surface area contributed by atoms with Crippen LogP contribution in [0, 0.1) is 0 Å². The second-order valence-electron chi connectivity index (χ2n) is 4.63. The predicted molar refractivity (Wildman–Crippen MR) is 87.7 cm³/mol. The SMILES string of the molecule is CCCOc1cccc(NCc2cc(Cl)cc(Cl)c2O)c1. The number of aromatic hydroxyl groups is 1. The van der Waals surface area contributed by atoms with Crippen molar-refractivity contribution in [2.75, 3.05) is 11.9 Å². The van der Waals surface area contributed by atoms with E-state index in [1.807, 2.05) is 24.3 Å². The van der Waals surface area contributed by atoms with Crippen LogP contribution in [0.5, 0.6) is 11.5 Å². The number of rotatable bonds is 6. The molecule has 0 heterocycles. The Morgan fingerprint density at radius 3 is 2.76 bits per heavy atom. The molecule has 0 amide bonds. The number of hydrogen-bond donors (Lipinski definition) is 2. The first kappa shape index (κ1) is 15.8. The van der Waals surface area contributed by atoms with Crippen LogP contribution in [0.1, 0.15) is 18.9 Å². The Labute approximate surface area is 134 Å². The molecule has 0 radical (unpaired) electrons. The summed E-state index contributed by atoms with van der Waals surface area (Å²) < 4.78 is 5.58. The fourth-order valence-electron chi connectivity index (χ4n) is 1.87. The van der Waals surface area contributed by atoms with Crippen molar-refractivity contribution in [3.8, 4) is 11.5 Å². The molecule has 2 rings (SSSR count). The molecule has 0 saturated carbocycles. The number of benzene rings is 2. The van der Waals surface area contributed by atoms with Gasteiger partial charge in [-0.3, -0.25) is 0 Å². The van der Waals surface area contributed by atoms with Crippen LogP contribution in [0.2, 0.25) is 10.0 Å². The molecule has 0 atom stereocenters. The predicted octanol–water partition coefficient (Wildman–Crippen LogP) is 5.10. The van der Waals surface area contributed by atoms with E-state index in [9.17, 15) is 5.11 Å². The molecule has 0 aliphatic heterocycles. The standard InChI is InChI=1S/C16H17Cl2NO2/c1-2-6-21-14-5-3-4-13(9-14)19-10-11-7-12(17)8-15(18)16(11)20/h3-5,7-9,19-20H,2,6,10H2,1H3. The number of halogens is 2. The maximum atomic E-state index is 9.92. The summed E-state index contributed by atoms with van der Waals surface area (Å²) in [6.45, 7) is 3.17. The highest BCUT2D eigenvalue weighted by molar-refractivity contribution is 6.35. The molecule has 112 valence electrons. The maximum absolute atomic E-state index is 9.92. The maximum Gasteiger partial charge on any atom is 0.139 e. The van der Waals surface area contributed by atoms with Gasteiger partial charge in [0.15, 0.2) is 0 Å². The van der Waals surface area contributed by atoms with Crippen LogP contribution >= 0.6 is 23.2 Å². The summed E-state index contributed by atoms with van der Waals surface area (Å²) in [5, 5.41) is 13.9. The van der Waals surface area contributed by atoms with E-state index >= 15 is 0 Å². The molecule has 2 aromatic carbocycles. The van der Waals surface area contributed by atoms with E-state index in [-0.39, 0.29) is 10.8 Å². The third-order valence-electron chi connectivity index (χ3n) is 2.90. The topological polar surface area (TPSA) is 41.5 Å². The van der Waals surface area contributed by atoms with Gasteiger partial charge < -0.3 is 15.2 Å². The van der Waals surface area contributed by atoms with Crippen LogP contribution in [-0.2, 0) is 6.54 Å². The first-order valence-corrected chi connectivity index (χ1v) is 7.49. The Kier molecular flexibility index (Phi) is 5.59. The molecule has 0 aliphatic rings. The zero-order valence-corrected chi connectivity index (χ0v) is 13.2. The Morgan fingerprint density at radius 1 is 1.19 bits per heavy atom. The van der Waals surface area contributed by atoms with Gasteiger partial charge >= 0.3 is 0 Å². The van der Waals surface area contributed by atoms with Gasteiger partial charge in [-0.2, -0.15) is 0 Å². The van der Waals surface area contributed by atoms with Crippen LogP contribution in [0.3, 0.4) is 0 Å². The van der Waals surface area contributed by atoms with Gasteiger partial charge in [0.2, 0.25) is 0 Å². The average molecular weight is 326 g/mol. The quantitative estimate of drug-likeness (QED) is 0.776. The van der Waals surface area contributed by atoms with Crippen LogP contribution < -0.4 is 10.1 Å². The molecular weight excluding hydrogens is 309 g/mol. The minimum absolute atomic E-state index is 0.0481. The van der Waals surface area contributed by atoms with Crippen LogP contribution in [0.25, 0.3) is 0 Å². The third-order valence-corrected chi connectivity index (χ3v) is 3.40. The first-order valence-electron chi connectivity index (χ1n) is 6.73. The first-order chi connectivity index (χ1) is 10.1. The van der Waals surface area contributed by atoms with E-state index < -0.39 is 0 Å². The fourth-order valence-corrected chi connectivity index (χ4v) is 2.40. The van der Waals surface area contributed by atoms with Gasteiger partial charge in [0.1, 0.15) is 11.5 Å². The summed E-state index contributed by atoms with van der Waals surface area (Å²) in [6, 6.07) is 10.9. The van der Waals surface area contributed by atoms with Gasteiger partial charge in [-0.05, 0) is 30.7 Å². The van der Waals surface area contributed by atoms with Crippen molar-refractivity contribution >= 4 is 28.9 Å². The molecular formula is C16H17Cl2NO2. The molecule has 0 unspecified atom stereocenters. The molecule has 0 spiro atoms. The second-order valence-corrected chi connectivity index (χ2v) is 5.47. The number of phenolic OH excluding ortho intramolecular Hbond substituents is 1. The third kappa shape index (κ3) is 4.45. The lowest BCUT2D eigenvalue weighted by atomic mass is 10.2. The Bertz CT molecular complexity index is 617. The van der Waals surface area contributed by atoms with E-state index in [2.05, 4.69) is 12.2 Å². The van der Waals surface area contributed by atoms with Crippen molar-refractivity contribution < 1.29 is 9.84 Å². The Morgan fingerprint density at radius 2 is 2.00 bits per heavy atom. The van der Waals surface area contributed by atoms with Crippen LogP contribution in [-0.4, -0.2) is 11.7 Å². The number of hydrogen-bond acceptors (Lipinski definition) is 3. The van der Waals surface area contributed by atoms with Gasteiger partial charge in [0, 0.05) is 28.9 Å². The smallest absolute Gasteiger partial charge is 0.139 e. The molecule has 3 nitrogen and oxygen atoms in total. The molecule has 0 bridgehead atoms. The number of nitrogens with one attached hydrogen (secondary N) is 1. The van der Waals surface area contributed by atoms with Gasteiger partial charge in [0.05, 0.1) is 11.6 Å². The highest BCUT2D eigenvalue weighted by Gasteiger charge is 2.08. The van der Waals surface area contributed by atoms with Crippen molar-refractivity contribution in [3.63, 3.8) is 0 Å². The van der Waals surface area contributed by atoms with Gasteiger partial charge in [-0.15, -0.1) is 0 Å². The minimum atomic E-state index is 0.0481. The minimum Gasteiger partial charge on any atom is -0.506 e. The van der Waals surface area contributed by atoms with Crippen molar-refractivity contribution in [2.45, 2.75) is 19.9 Å². The van der Waals surface area contributed by atoms with E-state index in [0.717, 1.165) is 17.9 Å². The van der Waals surface area contributed by atoms with Crippen LogP contribution in [0.4, 0.5) is 5.69 Å². The summed E-state index contributed by atoms with van der Waals surface area (Å²) in [5.41, 5.74) is 1.55. The van der Waals surface area contributed by atoms with Crippen molar-refractivity contribution in [3.05, 3.63) is 52.0 Å². The summed E-state index contributed by atoms with van der Waals surface area (Å²) in [7, 11) is 0. The molecule has 0 fully saturated rings. The molecule has 0 saturated heterocycles. The summed E-state index contributed by atoms with van der Waals surface area (Å²) in [4.78, 5) is 0. The highest BCUT2D eigenvalue weighted by Crippen LogP contribution is 2.31. The fraction of sp³-hybridized carbons (Fsp3) is 0.250. The van der Waals surface area contributed by atoms with Crippen LogP contribution in [0.15, 0.2) is 36.4 Å². The average Bonchev–Trinajstić information content (AvgIpc) is 2.47. The lowest BCUT2D eigenvalue weighted by molar-refractivity contribution is 0.317. The zero-order valence-electron chi connectivity index (χ0n) is 11.7. The Hall–Kier alpha value is -1.58. The molecule has 21 heavy (non-hydrogen) atoms. The van der Waals surface area contributed by atoms with E-state index in [4.69, 9.17) is 27.9 Å². The number of anilines is 1. The number of phenols is 1. The van der Waals surface area contributed by atoms with Crippen molar-refractivity contribution in [2.24, 2.45) is 0 Å². The van der Waals surface area contributed by atoms with Gasteiger partial charge in [-0.25, -0.2) is 0 Å². The van der Waals surface area contributed by atoms with Gasteiger partial charge in [0.25, 0.3) is 0 Å². The highest BCUT2D eigenvalue weighted by atomic mass is 35.5. The van der Waals surface area contributed by atoms with E-state index in [1.54, 1.807) is 6.07 Å². The van der Waals surface area contributed by atoms with Crippen molar-refractivity contribution in [1.82, 2.24) is 0 Å². The molecule has 2 aromatic rings. The normalized spacial score (nSPS) is 10.4. The van der Waals surface area contributed by atoms with Crippen molar-refractivity contribution in [1.29, 1.82) is 0 Å². The second kappa shape index (κ2) is 7.43. The largest absolute Gasteiger partial charge is 0.506 e. The lowest BCUT2D eigenvalue weighted by Crippen LogP contribution is -2.01. The zero-order chi connectivity index (χ0) is 15.2. The summed E-state index contributed by atoms with van der Waals surface area (Å²) >= 11 is 11.8. The summed E-state index contributed by atoms with van der Waals surface area (Å²) in [5.74, 6) is 0.863. The Balaban J connectivity index is 2.06. The van der Waals surface area contributed by atoms with E-state index in [1.165, 1.54) is 6.07 Å². The van der Waals surface area contributed by atoms with E-state index in [0.29, 0.717) is 23.7 Å². The number of ether oxygens (including phenoxy) is 1. The van der Waals surface area contributed by atoms with Gasteiger partial charge in [-0.1, -0.05) is 36.2 Å². The molecule has 0 aliphatic carbocycles. The molecule has 5 heteroatoms. The summed E-state index contributed by atoms with van der Waals surface area (Å²) in [6.07, 6.45) is 0.965. The monoisotopic (exact) mass is 325 g/mol.